The van der Waals surface area contributed by atoms with Crippen LogP contribution >= 0.6 is 35.0 Å². The minimum atomic E-state index is -0.382. The number of hydrogen-bond acceptors (Lipinski definition) is 4. The molecule has 0 aliphatic carbocycles. The summed E-state index contributed by atoms with van der Waals surface area (Å²) in [6.45, 7) is 2.04. The Bertz CT molecular complexity index is 905. The summed E-state index contributed by atoms with van der Waals surface area (Å²) in [6.07, 6.45) is 0. The molecule has 0 spiro atoms. The molecule has 1 heterocycles. The highest BCUT2D eigenvalue weighted by atomic mass is 35.5. The second-order valence-electron chi connectivity index (χ2n) is 6.22. The molecule has 2 aromatic rings. The molecule has 2 N–H and O–H groups in total. The number of hydrogen-bond donors (Lipinski definition) is 2. The van der Waals surface area contributed by atoms with Crippen LogP contribution in [0.3, 0.4) is 0 Å². The highest BCUT2D eigenvalue weighted by Crippen LogP contribution is 2.26. The van der Waals surface area contributed by atoms with Gasteiger partial charge in [0.05, 0.1) is 18.3 Å². The topological polar surface area (TPSA) is 78.5 Å². The van der Waals surface area contributed by atoms with Gasteiger partial charge in [0, 0.05) is 15.7 Å². The summed E-state index contributed by atoms with van der Waals surface area (Å²) < 4.78 is 0. The fourth-order valence-electron chi connectivity index (χ4n) is 2.70. The van der Waals surface area contributed by atoms with Gasteiger partial charge in [0.25, 0.3) is 5.24 Å². The number of halogens is 2. The first-order chi connectivity index (χ1) is 13.3. The Morgan fingerprint density at radius 2 is 1.89 bits per heavy atom. The van der Waals surface area contributed by atoms with E-state index >= 15 is 0 Å². The van der Waals surface area contributed by atoms with E-state index in [-0.39, 0.29) is 35.5 Å². The van der Waals surface area contributed by atoms with Gasteiger partial charge in [-0.15, -0.1) is 0 Å². The van der Waals surface area contributed by atoms with Crippen LogP contribution in [0.15, 0.2) is 42.5 Å². The summed E-state index contributed by atoms with van der Waals surface area (Å²) >= 11 is 13.1. The van der Waals surface area contributed by atoms with E-state index in [1.54, 1.807) is 42.5 Å². The first kappa shape index (κ1) is 20.5. The van der Waals surface area contributed by atoms with Crippen molar-refractivity contribution in [3.63, 3.8) is 0 Å². The maximum Gasteiger partial charge on any atom is 0.319 e. The monoisotopic (exact) mass is 437 g/mol. The van der Waals surface area contributed by atoms with Crippen molar-refractivity contribution >= 4 is 57.8 Å². The number of anilines is 1. The maximum atomic E-state index is 12.2. The minimum Gasteiger partial charge on any atom is -0.331 e. The maximum absolute atomic E-state index is 12.2. The van der Waals surface area contributed by atoms with Crippen molar-refractivity contribution in [2.75, 3.05) is 11.1 Å². The average molecular weight is 438 g/mol. The van der Waals surface area contributed by atoms with Gasteiger partial charge in [0.2, 0.25) is 5.91 Å². The molecule has 1 aliphatic heterocycles. The van der Waals surface area contributed by atoms with Crippen molar-refractivity contribution in [1.29, 1.82) is 0 Å². The number of amides is 4. The Kier molecular flexibility index (Phi) is 6.49. The number of nitrogens with one attached hydrogen (secondary N) is 2. The molecule has 146 valence electrons. The average Bonchev–Trinajstić information content (AvgIpc) is 2.95. The molecular formula is C19H17Cl2N3O3S. The number of rotatable bonds is 5. The molecule has 4 amide bonds. The number of urea groups is 1. The summed E-state index contributed by atoms with van der Waals surface area (Å²) in [6, 6.07) is 11.4. The molecule has 2 aromatic carbocycles. The normalized spacial score (nSPS) is 14.9. The van der Waals surface area contributed by atoms with Crippen LogP contribution in [-0.2, 0) is 11.3 Å². The molecule has 6 nitrogen and oxygen atoms in total. The van der Waals surface area contributed by atoms with Gasteiger partial charge in [-0.2, -0.15) is 0 Å². The third-order valence-electron chi connectivity index (χ3n) is 4.17. The Morgan fingerprint density at radius 3 is 2.50 bits per heavy atom. The molecule has 1 aliphatic rings. The van der Waals surface area contributed by atoms with E-state index in [9.17, 15) is 14.4 Å². The molecule has 1 fully saturated rings. The Balaban J connectivity index is 1.57. The van der Waals surface area contributed by atoms with Crippen molar-refractivity contribution in [1.82, 2.24) is 10.2 Å². The van der Waals surface area contributed by atoms with Gasteiger partial charge in [0.15, 0.2) is 0 Å². The highest BCUT2D eigenvalue weighted by molar-refractivity contribution is 8.14. The molecule has 1 unspecified atom stereocenters. The van der Waals surface area contributed by atoms with Gasteiger partial charge in [-0.25, -0.2) is 4.79 Å². The third kappa shape index (κ3) is 4.98. The summed E-state index contributed by atoms with van der Waals surface area (Å²) in [5.41, 5.74) is 2.15. The second kappa shape index (κ2) is 8.86. The van der Waals surface area contributed by atoms with Crippen LogP contribution in [0.2, 0.25) is 10.0 Å². The first-order valence-electron chi connectivity index (χ1n) is 8.42. The summed E-state index contributed by atoms with van der Waals surface area (Å²) in [5.74, 6) is 0.000459. The lowest BCUT2D eigenvalue weighted by molar-refractivity contribution is -0.125. The van der Waals surface area contributed by atoms with E-state index in [4.69, 9.17) is 23.2 Å². The number of imide groups is 1. The zero-order valence-corrected chi connectivity index (χ0v) is 17.2. The Morgan fingerprint density at radius 1 is 1.18 bits per heavy atom. The smallest absolute Gasteiger partial charge is 0.319 e. The van der Waals surface area contributed by atoms with Crippen LogP contribution in [-0.4, -0.2) is 27.8 Å². The van der Waals surface area contributed by atoms with Gasteiger partial charge < -0.3 is 10.6 Å². The zero-order valence-electron chi connectivity index (χ0n) is 14.9. The number of benzene rings is 2. The zero-order chi connectivity index (χ0) is 20.3. The molecule has 0 saturated carbocycles. The van der Waals surface area contributed by atoms with Crippen LogP contribution in [0.5, 0.6) is 0 Å². The van der Waals surface area contributed by atoms with Crippen LogP contribution in [0, 0.1) is 0 Å². The van der Waals surface area contributed by atoms with Crippen molar-refractivity contribution in [2.24, 2.45) is 0 Å². The molecule has 0 aromatic heterocycles. The minimum absolute atomic E-state index is 0.188. The molecule has 1 saturated heterocycles. The van der Waals surface area contributed by atoms with Crippen molar-refractivity contribution in [3.8, 4) is 0 Å². The Labute approximate surface area is 176 Å². The van der Waals surface area contributed by atoms with E-state index in [0.717, 1.165) is 22.9 Å². The molecule has 1 atom stereocenters. The standard InChI is InChI=1S/C19H17Cl2N3O3S/c1-11(15-7-4-13(20)8-16(15)21)22-18(26)23-14-5-2-12(3-6-14)9-24-17(25)10-28-19(24)27/h2-8,11H,9-10H2,1H3,(H2,22,23,26). The fourth-order valence-corrected chi connectivity index (χ4v) is 4.00. The molecule has 3 rings (SSSR count). The number of thioether (sulfide) groups is 1. The number of carbonyl (C=O) groups is 3. The third-order valence-corrected chi connectivity index (χ3v) is 5.59. The number of nitrogens with zero attached hydrogens (tertiary/aromatic N) is 1. The van der Waals surface area contributed by atoms with Crippen molar-refractivity contribution in [2.45, 2.75) is 19.5 Å². The number of carbonyl (C=O) groups excluding carboxylic acids is 3. The quantitative estimate of drug-likeness (QED) is 0.683. The summed E-state index contributed by atoms with van der Waals surface area (Å²) in [4.78, 5) is 36.8. The van der Waals surface area contributed by atoms with Crippen LogP contribution in [0.25, 0.3) is 0 Å². The predicted octanol–water partition coefficient (Wildman–Crippen LogP) is 5.07. The van der Waals surface area contributed by atoms with Gasteiger partial charge >= 0.3 is 6.03 Å². The summed E-state index contributed by atoms with van der Waals surface area (Å²) in [5, 5.41) is 6.33. The molecule has 0 radical (unpaired) electrons. The van der Waals surface area contributed by atoms with Gasteiger partial charge in [0.1, 0.15) is 0 Å². The van der Waals surface area contributed by atoms with E-state index in [1.165, 1.54) is 4.90 Å². The van der Waals surface area contributed by atoms with Crippen molar-refractivity contribution in [3.05, 3.63) is 63.6 Å². The van der Waals surface area contributed by atoms with E-state index in [1.807, 2.05) is 6.92 Å². The van der Waals surface area contributed by atoms with Crippen molar-refractivity contribution < 1.29 is 14.4 Å². The second-order valence-corrected chi connectivity index (χ2v) is 7.99. The molecule has 28 heavy (non-hydrogen) atoms. The molecule has 9 heteroatoms. The van der Waals surface area contributed by atoms with Crippen LogP contribution < -0.4 is 10.6 Å². The lowest BCUT2D eigenvalue weighted by Gasteiger charge is -2.17. The Hall–Kier alpha value is -2.22. The van der Waals surface area contributed by atoms with E-state index < -0.39 is 0 Å². The van der Waals surface area contributed by atoms with E-state index in [2.05, 4.69) is 10.6 Å². The SMILES string of the molecule is CC(NC(=O)Nc1ccc(CN2C(=O)CSC2=O)cc1)c1ccc(Cl)cc1Cl. The lowest BCUT2D eigenvalue weighted by Crippen LogP contribution is -2.31. The van der Waals surface area contributed by atoms with E-state index in [0.29, 0.717) is 15.7 Å². The van der Waals surface area contributed by atoms with Gasteiger partial charge in [-0.1, -0.05) is 53.2 Å². The summed E-state index contributed by atoms with van der Waals surface area (Å²) in [7, 11) is 0. The van der Waals surface area contributed by atoms with Gasteiger partial charge in [-0.05, 0) is 42.3 Å². The fraction of sp³-hybridized carbons (Fsp3) is 0.211. The molecular weight excluding hydrogens is 421 g/mol. The van der Waals surface area contributed by atoms with Crippen LogP contribution in [0.1, 0.15) is 24.1 Å². The van der Waals surface area contributed by atoms with Gasteiger partial charge in [-0.3, -0.25) is 14.5 Å². The first-order valence-corrected chi connectivity index (χ1v) is 10.2. The predicted molar refractivity (Wildman–Crippen MR) is 112 cm³/mol. The lowest BCUT2D eigenvalue weighted by atomic mass is 10.1. The van der Waals surface area contributed by atoms with Crippen LogP contribution in [0.4, 0.5) is 15.3 Å². The highest BCUT2D eigenvalue weighted by Gasteiger charge is 2.29. The largest absolute Gasteiger partial charge is 0.331 e. The molecule has 0 bridgehead atoms.